The maximum atomic E-state index is 13.7. The van der Waals surface area contributed by atoms with Crippen molar-refractivity contribution in [2.75, 3.05) is 19.6 Å². The number of imidazole rings is 1. The van der Waals surface area contributed by atoms with Crippen LogP contribution >= 0.6 is 11.3 Å². The number of nitrogens with zero attached hydrogens (tertiary/aromatic N) is 4. The molecule has 0 radical (unpaired) electrons. The Morgan fingerprint density at radius 1 is 1.26 bits per heavy atom. The van der Waals surface area contributed by atoms with E-state index in [9.17, 15) is 8.78 Å². The number of halogens is 2. The zero-order valence-electron chi connectivity index (χ0n) is 20.8. The molecule has 5 heterocycles. The maximum Gasteiger partial charge on any atom is 0.261 e. The summed E-state index contributed by atoms with van der Waals surface area (Å²) in [6, 6.07) is 12.2. The summed E-state index contributed by atoms with van der Waals surface area (Å²) < 4.78 is 27.4. The van der Waals surface area contributed by atoms with E-state index < -0.39 is 5.92 Å². The van der Waals surface area contributed by atoms with Gasteiger partial charge in [0.1, 0.15) is 5.69 Å². The van der Waals surface area contributed by atoms with Crippen LogP contribution in [0.4, 0.5) is 8.78 Å². The molecular weight excluding hydrogens is 502 g/mol. The molecule has 0 unspecified atom stereocenters. The van der Waals surface area contributed by atoms with E-state index in [-0.39, 0.29) is 13.0 Å². The van der Waals surface area contributed by atoms with Crippen molar-refractivity contribution in [3.63, 3.8) is 0 Å². The largest absolute Gasteiger partial charge is 0.335 e. The molecule has 9 heteroatoms. The molecule has 1 saturated heterocycles. The van der Waals surface area contributed by atoms with Crippen LogP contribution in [0.2, 0.25) is 0 Å². The first kappa shape index (κ1) is 24.4. The molecule has 0 bridgehead atoms. The Bertz CT molecular complexity index is 1690. The number of nitrogens with one attached hydrogen (secondary N) is 2. The number of allylic oxidation sites excluding steroid dienone is 3. The lowest BCUT2D eigenvalue weighted by Gasteiger charge is -2.16. The molecular formula is C29H26F2N6S. The van der Waals surface area contributed by atoms with Crippen LogP contribution in [0, 0.1) is 0 Å². The molecule has 6 rings (SSSR count). The predicted octanol–water partition coefficient (Wildman–Crippen LogP) is 7.09. The van der Waals surface area contributed by atoms with Gasteiger partial charge in [-0.1, -0.05) is 36.9 Å². The summed E-state index contributed by atoms with van der Waals surface area (Å²) in [4.78, 5) is 15.6. The molecule has 1 fully saturated rings. The van der Waals surface area contributed by atoms with Crippen molar-refractivity contribution < 1.29 is 8.78 Å². The summed E-state index contributed by atoms with van der Waals surface area (Å²) in [6.07, 6.45) is 7.45. The molecule has 0 amide bonds. The number of H-pyrrole nitrogens is 2. The Balaban J connectivity index is 1.35. The van der Waals surface area contributed by atoms with Crippen molar-refractivity contribution in [2.45, 2.75) is 19.3 Å². The Morgan fingerprint density at radius 3 is 2.89 bits per heavy atom. The normalized spacial score (nSPS) is 16.6. The Kier molecular flexibility index (Phi) is 6.25. The molecule has 1 aliphatic rings. The smallest absolute Gasteiger partial charge is 0.261 e. The molecule has 2 N–H and O–H groups in total. The van der Waals surface area contributed by atoms with Crippen LogP contribution in [0.3, 0.4) is 0 Å². The van der Waals surface area contributed by atoms with Gasteiger partial charge in [0.25, 0.3) is 5.92 Å². The number of rotatable bonds is 7. The van der Waals surface area contributed by atoms with Crippen molar-refractivity contribution in [1.29, 1.82) is 0 Å². The third-order valence-electron chi connectivity index (χ3n) is 6.87. The molecule has 6 nitrogen and oxygen atoms in total. The molecule has 0 atom stereocenters. The van der Waals surface area contributed by atoms with Crippen molar-refractivity contribution in [3.05, 3.63) is 83.9 Å². The minimum atomic E-state index is -2.62. The topological polar surface area (TPSA) is 73.5 Å². The lowest BCUT2D eigenvalue weighted by molar-refractivity contribution is 0.0131. The zero-order valence-corrected chi connectivity index (χ0v) is 21.7. The van der Waals surface area contributed by atoms with Gasteiger partial charge in [-0.25, -0.2) is 18.7 Å². The quantitative estimate of drug-likeness (QED) is 0.221. The van der Waals surface area contributed by atoms with Crippen LogP contribution in [0.1, 0.15) is 18.9 Å². The molecule has 1 aliphatic heterocycles. The van der Waals surface area contributed by atoms with E-state index >= 15 is 0 Å². The highest BCUT2D eigenvalue weighted by Crippen LogP contribution is 2.34. The lowest BCUT2D eigenvalue weighted by atomic mass is 10.00. The summed E-state index contributed by atoms with van der Waals surface area (Å²) in [7, 11) is 0. The molecule has 192 valence electrons. The average molecular weight is 529 g/mol. The Hall–Kier alpha value is -3.95. The average Bonchev–Trinajstić information content (AvgIpc) is 3.71. The number of aromatic amines is 2. The van der Waals surface area contributed by atoms with Crippen molar-refractivity contribution in [3.8, 4) is 22.0 Å². The van der Waals surface area contributed by atoms with E-state index in [1.165, 1.54) is 0 Å². The van der Waals surface area contributed by atoms with Gasteiger partial charge < -0.3 is 4.98 Å². The standard InChI is InChI=1S/C29H26F2N6S/c1-3-18(16-37-12-10-29(30,31)17-37)14-19(4-2)20-7-8-23-22(15-20)26(36-35-23)28-33-25-21(24-6-5-13-38-24)9-11-32-27(25)34-28/h3-9,11,13-15H,1,10,12,16-17H2,2H3,(H,35,36)(H,32,33,34)/b18-14+,19-4+. The van der Waals surface area contributed by atoms with Crippen molar-refractivity contribution >= 4 is 39.0 Å². The molecule has 0 saturated carbocycles. The number of fused-ring (bicyclic) bond motifs is 2. The van der Waals surface area contributed by atoms with E-state index in [1.54, 1.807) is 28.5 Å². The van der Waals surface area contributed by atoms with Crippen LogP contribution in [0.15, 0.2) is 78.4 Å². The highest BCUT2D eigenvalue weighted by atomic mass is 32.1. The Morgan fingerprint density at radius 2 is 2.16 bits per heavy atom. The van der Waals surface area contributed by atoms with Crippen LogP contribution in [-0.2, 0) is 0 Å². The van der Waals surface area contributed by atoms with E-state index in [1.807, 2.05) is 48.7 Å². The third kappa shape index (κ3) is 4.59. The fraction of sp³-hybridized carbons (Fsp3) is 0.207. The van der Waals surface area contributed by atoms with Gasteiger partial charge in [-0.05, 0) is 53.3 Å². The summed E-state index contributed by atoms with van der Waals surface area (Å²) >= 11 is 1.67. The second-order valence-electron chi connectivity index (χ2n) is 9.44. The summed E-state index contributed by atoms with van der Waals surface area (Å²) in [5, 5.41) is 10.6. The zero-order chi connectivity index (χ0) is 26.3. The second-order valence-corrected chi connectivity index (χ2v) is 10.4. The lowest BCUT2D eigenvalue weighted by Crippen LogP contribution is -2.26. The monoisotopic (exact) mass is 528 g/mol. The van der Waals surface area contributed by atoms with Gasteiger partial charge in [0.05, 0.1) is 17.6 Å². The van der Waals surface area contributed by atoms with Crippen molar-refractivity contribution in [1.82, 2.24) is 30.0 Å². The number of likely N-dealkylation sites (tertiary alicyclic amines) is 1. The summed E-state index contributed by atoms with van der Waals surface area (Å²) in [5.41, 5.74) is 7.02. The number of aromatic nitrogens is 5. The van der Waals surface area contributed by atoms with Gasteiger partial charge in [-0.2, -0.15) is 5.10 Å². The van der Waals surface area contributed by atoms with Crippen molar-refractivity contribution in [2.24, 2.45) is 0 Å². The molecule has 1 aromatic carbocycles. The van der Waals surface area contributed by atoms with Gasteiger partial charge in [0.2, 0.25) is 0 Å². The third-order valence-corrected chi connectivity index (χ3v) is 7.77. The highest BCUT2D eigenvalue weighted by Gasteiger charge is 2.37. The molecule has 4 aromatic heterocycles. The molecule has 38 heavy (non-hydrogen) atoms. The van der Waals surface area contributed by atoms with E-state index in [2.05, 4.69) is 38.9 Å². The van der Waals surface area contributed by atoms with E-state index in [0.29, 0.717) is 30.3 Å². The minimum absolute atomic E-state index is 0.0973. The highest BCUT2D eigenvalue weighted by molar-refractivity contribution is 7.13. The fourth-order valence-electron chi connectivity index (χ4n) is 4.94. The number of thiophene rings is 1. The minimum Gasteiger partial charge on any atom is -0.335 e. The first-order valence-electron chi connectivity index (χ1n) is 12.4. The summed E-state index contributed by atoms with van der Waals surface area (Å²) in [6.45, 7) is 6.49. The SMILES string of the molecule is C=C/C(=C\C(=C/C)c1ccc2[nH]nc(-c3nc4nccc(-c5cccs5)c4[nH]3)c2c1)CN1CCC(F)(F)C1. The van der Waals surface area contributed by atoms with E-state index in [4.69, 9.17) is 4.98 Å². The number of benzene rings is 1. The number of pyridine rings is 1. The second kappa shape index (κ2) is 9.74. The maximum absolute atomic E-state index is 13.7. The van der Waals surface area contributed by atoms with E-state index in [0.717, 1.165) is 43.6 Å². The van der Waals surface area contributed by atoms with Crippen LogP contribution in [0.25, 0.3) is 49.6 Å². The van der Waals surface area contributed by atoms with Crippen LogP contribution in [0.5, 0.6) is 0 Å². The first-order chi connectivity index (χ1) is 18.4. The Labute approximate surface area is 222 Å². The molecule has 0 aliphatic carbocycles. The first-order valence-corrected chi connectivity index (χ1v) is 13.3. The number of hydrogen-bond acceptors (Lipinski definition) is 5. The van der Waals surface area contributed by atoms with Gasteiger partial charge in [-0.15, -0.1) is 11.3 Å². The van der Waals surface area contributed by atoms with Gasteiger partial charge in [0.15, 0.2) is 11.5 Å². The number of alkyl halides is 2. The number of hydrogen-bond donors (Lipinski definition) is 2. The van der Waals surface area contributed by atoms with Crippen LogP contribution < -0.4 is 0 Å². The fourth-order valence-corrected chi connectivity index (χ4v) is 5.69. The molecule has 5 aromatic rings. The van der Waals surface area contributed by atoms with Gasteiger partial charge in [-0.3, -0.25) is 10.00 Å². The van der Waals surface area contributed by atoms with Crippen LogP contribution in [-0.4, -0.2) is 55.6 Å². The summed E-state index contributed by atoms with van der Waals surface area (Å²) in [5.74, 6) is -1.98. The molecule has 0 spiro atoms. The predicted molar refractivity (Wildman–Crippen MR) is 150 cm³/mol. The van der Waals surface area contributed by atoms with Gasteiger partial charge >= 0.3 is 0 Å². The van der Waals surface area contributed by atoms with Gasteiger partial charge in [0, 0.05) is 41.5 Å².